The van der Waals surface area contributed by atoms with Crippen LogP contribution in [0.2, 0.25) is 4.34 Å². The molecule has 1 aromatic heterocycles. The van der Waals surface area contributed by atoms with Crippen molar-refractivity contribution < 1.29 is 14.5 Å². The Hall–Kier alpha value is -2.45. The van der Waals surface area contributed by atoms with E-state index in [0.29, 0.717) is 28.0 Å². The number of nitro groups is 1. The van der Waals surface area contributed by atoms with Crippen LogP contribution in [0.1, 0.15) is 22.5 Å². The molecule has 0 spiro atoms. The lowest BCUT2D eigenvalue weighted by atomic mass is 10.2. The van der Waals surface area contributed by atoms with Crippen LogP contribution < -0.4 is 10.6 Å². The molecule has 0 aliphatic carbocycles. The van der Waals surface area contributed by atoms with Crippen LogP contribution >= 0.6 is 22.9 Å². The molecule has 0 aliphatic heterocycles. The summed E-state index contributed by atoms with van der Waals surface area (Å²) in [6.07, 6.45) is 0.195. The summed E-state index contributed by atoms with van der Waals surface area (Å²) in [6.45, 7) is 0.634. The van der Waals surface area contributed by atoms with Crippen molar-refractivity contribution in [3.05, 3.63) is 55.7 Å². The maximum absolute atomic E-state index is 11.9. The second kappa shape index (κ2) is 9.14. The molecule has 0 atom stereocenters. The van der Waals surface area contributed by atoms with E-state index < -0.39 is 4.92 Å². The molecule has 9 heteroatoms. The summed E-state index contributed by atoms with van der Waals surface area (Å²) in [7, 11) is 0. The molecule has 0 bridgehead atoms. The number of para-hydroxylation sites is 2. The van der Waals surface area contributed by atoms with Crippen molar-refractivity contribution in [2.75, 3.05) is 18.4 Å². The summed E-state index contributed by atoms with van der Waals surface area (Å²) in [5.74, 6) is -0.370. The summed E-state index contributed by atoms with van der Waals surface area (Å²) >= 11 is 6.96. The predicted molar refractivity (Wildman–Crippen MR) is 97.5 cm³/mol. The highest BCUT2D eigenvalue weighted by Gasteiger charge is 2.13. The number of carbonyl (C=O) groups excluding carboxylic acids is 2. The molecule has 2 aromatic rings. The molecule has 1 aromatic carbocycles. The Morgan fingerprint density at radius 3 is 2.56 bits per heavy atom. The Morgan fingerprint density at radius 1 is 1.12 bits per heavy atom. The van der Waals surface area contributed by atoms with Gasteiger partial charge in [0, 0.05) is 32.0 Å². The first kappa shape index (κ1) is 18.9. The van der Waals surface area contributed by atoms with Gasteiger partial charge in [0.05, 0.1) is 14.1 Å². The van der Waals surface area contributed by atoms with Gasteiger partial charge in [-0.25, -0.2) is 0 Å². The average Bonchev–Trinajstić information content (AvgIpc) is 3.03. The number of nitrogens with one attached hydrogen (secondary N) is 2. The van der Waals surface area contributed by atoms with Crippen LogP contribution in [0.4, 0.5) is 11.4 Å². The van der Waals surface area contributed by atoms with Crippen molar-refractivity contribution in [3.63, 3.8) is 0 Å². The van der Waals surface area contributed by atoms with Crippen molar-refractivity contribution in [3.8, 4) is 0 Å². The van der Waals surface area contributed by atoms with Crippen LogP contribution in [0.15, 0.2) is 36.4 Å². The zero-order valence-corrected chi connectivity index (χ0v) is 14.7. The second-order valence-electron chi connectivity index (χ2n) is 5.08. The van der Waals surface area contributed by atoms with Gasteiger partial charge in [-0.3, -0.25) is 19.7 Å². The predicted octanol–water partition coefficient (Wildman–Crippen LogP) is 3.50. The Labute approximate surface area is 153 Å². The van der Waals surface area contributed by atoms with E-state index in [1.54, 1.807) is 30.3 Å². The molecule has 1 heterocycles. The smallest absolute Gasteiger partial charge is 0.292 e. The minimum atomic E-state index is -0.469. The van der Waals surface area contributed by atoms with Gasteiger partial charge in [0.15, 0.2) is 5.78 Å². The van der Waals surface area contributed by atoms with Crippen LogP contribution in [0.25, 0.3) is 0 Å². The van der Waals surface area contributed by atoms with Gasteiger partial charge in [-0.05, 0) is 18.2 Å². The van der Waals surface area contributed by atoms with E-state index in [9.17, 15) is 19.7 Å². The van der Waals surface area contributed by atoms with Crippen molar-refractivity contribution in [2.24, 2.45) is 0 Å². The number of hydrogen-bond acceptors (Lipinski definition) is 6. The molecular formula is C16H16ClN3O4S. The van der Waals surface area contributed by atoms with E-state index in [1.165, 1.54) is 17.4 Å². The fourth-order valence-corrected chi connectivity index (χ4v) is 3.09. The minimum absolute atomic E-state index is 0.0194. The van der Waals surface area contributed by atoms with E-state index in [1.807, 2.05) is 0 Å². The minimum Gasteiger partial charge on any atom is -0.378 e. The Morgan fingerprint density at radius 2 is 1.88 bits per heavy atom. The summed E-state index contributed by atoms with van der Waals surface area (Å²) in [4.78, 5) is 34.6. The average molecular weight is 382 g/mol. The van der Waals surface area contributed by atoms with E-state index in [-0.39, 0.29) is 30.2 Å². The number of carbonyl (C=O) groups is 2. The highest BCUT2D eigenvalue weighted by molar-refractivity contribution is 7.18. The Bertz CT molecular complexity index is 778. The molecule has 0 fully saturated rings. The number of benzene rings is 1. The Balaban J connectivity index is 1.69. The number of nitrogens with zero attached hydrogens (tertiary/aromatic N) is 1. The van der Waals surface area contributed by atoms with Crippen LogP contribution in [-0.2, 0) is 4.79 Å². The third-order valence-electron chi connectivity index (χ3n) is 3.29. The fraction of sp³-hybridized carbons (Fsp3) is 0.250. The first-order valence-corrected chi connectivity index (χ1v) is 8.69. The third kappa shape index (κ3) is 5.84. The number of hydrogen-bond donors (Lipinski definition) is 2. The number of ketones is 1. The third-order valence-corrected chi connectivity index (χ3v) is 4.56. The van der Waals surface area contributed by atoms with Gasteiger partial charge in [-0.15, -0.1) is 11.3 Å². The molecule has 0 saturated carbocycles. The maximum atomic E-state index is 11.9. The fourth-order valence-electron chi connectivity index (χ4n) is 2.08. The first-order chi connectivity index (χ1) is 12.0. The molecule has 0 aliphatic rings. The van der Waals surface area contributed by atoms with Gasteiger partial charge in [0.1, 0.15) is 5.69 Å². The molecule has 25 heavy (non-hydrogen) atoms. The highest BCUT2D eigenvalue weighted by Crippen LogP contribution is 2.23. The summed E-state index contributed by atoms with van der Waals surface area (Å²) in [6, 6.07) is 9.57. The molecular weight excluding hydrogens is 366 g/mol. The molecule has 0 saturated heterocycles. The SMILES string of the molecule is O=C(CCC(=O)c1ccc(Cl)s1)NCCNc1ccccc1[N+](=O)[O-]. The normalized spacial score (nSPS) is 10.3. The lowest BCUT2D eigenvalue weighted by Crippen LogP contribution is -2.29. The van der Waals surface area contributed by atoms with Crippen LogP contribution in [0, 0.1) is 10.1 Å². The van der Waals surface area contributed by atoms with Gasteiger partial charge in [-0.2, -0.15) is 0 Å². The molecule has 2 rings (SSSR count). The zero-order valence-electron chi connectivity index (χ0n) is 13.2. The van der Waals surface area contributed by atoms with Crippen molar-refractivity contribution >= 4 is 46.0 Å². The Kier molecular flexibility index (Phi) is 6.91. The summed E-state index contributed by atoms with van der Waals surface area (Å²) < 4.78 is 0.536. The summed E-state index contributed by atoms with van der Waals surface area (Å²) in [5.41, 5.74) is 0.375. The molecule has 7 nitrogen and oxygen atoms in total. The van der Waals surface area contributed by atoms with E-state index in [0.717, 1.165) is 0 Å². The number of Topliss-reactive ketones (excluding diaryl/α,β-unsaturated/α-hetero) is 1. The van der Waals surface area contributed by atoms with Gasteiger partial charge in [0.2, 0.25) is 5.91 Å². The van der Waals surface area contributed by atoms with E-state index in [4.69, 9.17) is 11.6 Å². The molecule has 2 N–H and O–H groups in total. The molecule has 0 unspecified atom stereocenters. The largest absolute Gasteiger partial charge is 0.378 e. The second-order valence-corrected chi connectivity index (χ2v) is 6.79. The quantitative estimate of drug-likeness (QED) is 0.299. The topological polar surface area (TPSA) is 101 Å². The van der Waals surface area contributed by atoms with Crippen LogP contribution in [-0.4, -0.2) is 29.7 Å². The van der Waals surface area contributed by atoms with E-state index in [2.05, 4.69) is 10.6 Å². The monoisotopic (exact) mass is 381 g/mol. The van der Waals surface area contributed by atoms with E-state index >= 15 is 0 Å². The maximum Gasteiger partial charge on any atom is 0.292 e. The number of rotatable bonds is 9. The number of anilines is 1. The summed E-state index contributed by atoms with van der Waals surface area (Å²) in [5, 5.41) is 16.5. The molecule has 0 radical (unpaired) electrons. The highest BCUT2D eigenvalue weighted by atomic mass is 35.5. The first-order valence-electron chi connectivity index (χ1n) is 7.50. The van der Waals surface area contributed by atoms with Crippen LogP contribution in [0.5, 0.6) is 0 Å². The van der Waals surface area contributed by atoms with Crippen molar-refractivity contribution in [2.45, 2.75) is 12.8 Å². The standard InChI is InChI=1S/C16H16ClN3O4S/c17-15-7-6-14(25-15)13(21)5-8-16(22)19-10-9-18-11-3-1-2-4-12(11)20(23)24/h1-4,6-7,18H,5,8-10H2,(H,19,22). The van der Waals surface area contributed by atoms with Crippen molar-refractivity contribution in [1.82, 2.24) is 5.32 Å². The van der Waals surface area contributed by atoms with Gasteiger partial charge in [-0.1, -0.05) is 23.7 Å². The number of thiophene rings is 1. The molecule has 132 valence electrons. The molecule has 1 amide bonds. The number of nitro benzene ring substituents is 1. The lowest BCUT2D eigenvalue weighted by molar-refractivity contribution is -0.384. The zero-order chi connectivity index (χ0) is 18.2. The number of amides is 1. The van der Waals surface area contributed by atoms with Crippen molar-refractivity contribution in [1.29, 1.82) is 0 Å². The van der Waals surface area contributed by atoms with Gasteiger partial charge >= 0.3 is 0 Å². The number of halogens is 1. The van der Waals surface area contributed by atoms with Gasteiger partial charge in [0.25, 0.3) is 5.69 Å². The van der Waals surface area contributed by atoms with Crippen LogP contribution in [0.3, 0.4) is 0 Å². The van der Waals surface area contributed by atoms with Gasteiger partial charge < -0.3 is 10.6 Å². The lowest BCUT2D eigenvalue weighted by Gasteiger charge is -2.08.